The third-order valence-electron chi connectivity index (χ3n) is 5.12. The van der Waals surface area contributed by atoms with Crippen LogP contribution < -0.4 is 15.4 Å². The molecule has 1 aromatic heterocycles. The third-order valence-corrected chi connectivity index (χ3v) is 5.36. The average Bonchev–Trinajstić information content (AvgIpc) is 3.43. The number of carbonyl (C=O) groups excluding carboxylic acids is 2. The molecule has 8 nitrogen and oxygen atoms in total. The summed E-state index contributed by atoms with van der Waals surface area (Å²) in [5.41, 5.74) is 2.52. The Morgan fingerprint density at radius 3 is 2.76 bits per heavy atom. The normalized spacial score (nSPS) is 13.5. The first-order valence-corrected chi connectivity index (χ1v) is 11.2. The molecule has 2 heterocycles. The van der Waals surface area contributed by atoms with Crippen molar-refractivity contribution in [3.8, 4) is 22.7 Å². The van der Waals surface area contributed by atoms with Crippen molar-refractivity contribution in [3.63, 3.8) is 0 Å². The van der Waals surface area contributed by atoms with Crippen LogP contribution in [0.15, 0.2) is 54.6 Å². The standard InChI is InChI=1S/C24H26ClN5O3/c1-16(2)26-9-10-33-20-8-3-5-17(11-20)22-13-21(24(32)29-14-23(31)27-15-29)28-30(22)19-7-4-6-18(25)12-19/h3-8,11-13,16,26H,9-10,14-15H2,1-2H3,(H,27,31). The van der Waals surface area contributed by atoms with Crippen molar-refractivity contribution in [3.05, 3.63) is 65.3 Å². The second-order valence-electron chi connectivity index (χ2n) is 8.05. The summed E-state index contributed by atoms with van der Waals surface area (Å²) >= 11 is 6.21. The molecule has 4 rings (SSSR count). The maximum Gasteiger partial charge on any atom is 0.276 e. The molecule has 1 aliphatic rings. The summed E-state index contributed by atoms with van der Waals surface area (Å²) in [6.07, 6.45) is 0. The van der Waals surface area contributed by atoms with E-state index in [9.17, 15) is 9.59 Å². The molecular weight excluding hydrogens is 442 g/mol. The number of ether oxygens (including phenoxy) is 1. The van der Waals surface area contributed by atoms with Crippen molar-refractivity contribution in [2.24, 2.45) is 0 Å². The molecule has 2 amide bonds. The minimum absolute atomic E-state index is 0.0198. The van der Waals surface area contributed by atoms with E-state index >= 15 is 0 Å². The molecule has 0 atom stereocenters. The fraction of sp³-hybridized carbons (Fsp3) is 0.292. The summed E-state index contributed by atoms with van der Waals surface area (Å²) in [6.45, 7) is 5.64. The van der Waals surface area contributed by atoms with E-state index in [0.29, 0.717) is 23.4 Å². The van der Waals surface area contributed by atoms with Gasteiger partial charge in [-0.2, -0.15) is 5.10 Å². The lowest BCUT2D eigenvalue weighted by molar-refractivity contribution is -0.118. The maximum absolute atomic E-state index is 13.0. The van der Waals surface area contributed by atoms with E-state index in [0.717, 1.165) is 23.5 Å². The quantitative estimate of drug-likeness (QED) is 0.497. The van der Waals surface area contributed by atoms with Crippen molar-refractivity contribution in [1.29, 1.82) is 0 Å². The number of nitrogens with one attached hydrogen (secondary N) is 2. The lowest BCUT2D eigenvalue weighted by Crippen LogP contribution is -2.30. The van der Waals surface area contributed by atoms with Crippen molar-refractivity contribution >= 4 is 23.4 Å². The zero-order chi connectivity index (χ0) is 23.4. The summed E-state index contributed by atoms with van der Waals surface area (Å²) in [6, 6.07) is 17.0. The molecule has 0 bridgehead atoms. The highest BCUT2D eigenvalue weighted by molar-refractivity contribution is 6.30. The van der Waals surface area contributed by atoms with Crippen LogP contribution in [0.4, 0.5) is 0 Å². The molecule has 33 heavy (non-hydrogen) atoms. The molecule has 0 spiro atoms. The monoisotopic (exact) mass is 467 g/mol. The van der Waals surface area contributed by atoms with Crippen LogP contribution >= 0.6 is 11.6 Å². The van der Waals surface area contributed by atoms with Gasteiger partial charge in [0.25, 0.3) is 5.91 Å². The second-order valence-corrected chi connectivity index (χ2v) is 8.49. The summed E-state index contributed by atoms with van der Waals surface area (Å²) in [5.74, 6) is 0.219. The molecule has 0 radical (unpaired) electrons. The van der Waals surface area contributed by atoms with Crippen molar-refractivity contribution in [1.82, 2.24) is 25.3 Å². The zero-order valence-electron chi connectivity index (χ0n) is 18.5. The number of benzene rings is 2. The molecule has 9 heteroatoms. The van der Waals surface area contributed by atoms with Crippen LogP contribution in [0.1, 0.15) is 24.3 Å². The summed E-state index contributed by atoms with van der Waals surface area (Å²) in [7, 11) is 0. The molecule has 2 aromatic carbocycles. The number of hydrogen-bond acceptors (Lipinski definition) is 5. The van der Waals surface area contributed by atoms with E-state index in [1.807, 2.05) is 36.4 Å². The number of carbonyl (C=O) groups is 2. The Kier molecular flexibility index (Phi) is 6.96. The molecule has 1 fully saturated rings. The highest BCUT2D eigenvalue weighted by atomic mass is 35.5. The predicted octanol–water partition coefficient (Wildman–Crippen LogP) is 3.10. The van der Waals surface area contributed by atoms with Crippen LogP contribution in [0.5, 0.6) is 5.75 Å². The van der Waals surface area contributed by atoms with Gasteiger partial charge in [0.2, 0.25) is 5.91 Å². The zero-order valence-corrected chi connectivity index (χ0v) is 19.3. The highest BCUT2D eigenvalue weighted by Crippen LogP contribution is 2.28. The number of aromatic nitrogens is 2. The fourth-order valence-electron chi connectivity index (χ4n) is 3.53. The first kappa shape index (κ1) is 22.8. The number of hydrogen-bond donors (Lipinski definition) is 2. The largest absolute Gasteiger partial charge is 0.492 e. The van der Waals surface area contributed by atoms with Gasteiger partial charge in [-0.25, -0.2) is 4.68 Å². The number of halogens is 1. The van der Waals surface area contributed by atoms with Crippen molar-refractivity contribution in [2.75, 3.05) is 26.4 Å². The van der Waals surface area contributed by atoms with Crippen LogP contribution in [0.2, 0.25) is 5.02 Å². The minimum Gasteiger partial charge on any atom is -0.492 e. The van der Waals surface area contributed by atoms with E-state index in [1.54, 1.807) is 22.9 Å². The van der Waals surface area contributed by atoms with E-state index in [-0.39, 0.29) is 30.7 Å². The van der Waals surface area contributed by atoms with Gasteiger partial charge in [0.15, 0.2) is 5.69 Å². The summed E-state index contributed by atoms with van der Waals surface area (Å²) in [5, 5.41) is 11.1. The van der Waals surface area contributed by atoms with E-state index < -0.39 is 0 Å². The fourth-order valence-corrected chi connectivity index (χ4v) is 3.72. The first-order chi connectivity index (χ1) is 15.9. The summed E-state index contributed by atoms with van der Waals surface area (Å²) < 4.78 is 7.58. The minimum atomic E-state index is -0.317. The van der Waals surface area contributed by atoms with Gasteiger partial charge in [-0.3, -0.25) is 9.59 Å². The van der Waals surface area contributed by atoms with Gasteiger partial charge in [0, 0.05) is 23.2 Å². The van der Waals surface area contributed by atoms with Crippen molar-refractivity contribution in [2.45, 2.75) is 19.9 Å². The van der Waals surface area contributed by atoms with Crippen LogP contribution in [-0.4, -0.2) is 58.9 Å². The van der Waals surface area contributed by atoms with Gasteiger partial charge in [0.1, 0.15) is 18.9 Å². The average molecular weight is 468 g/mol. The Morgan fingerprint density at radius 1 is 1.21 bits per heavy atom. The van der Waals surface area contributed by atoms with Gasteiger partial charge in [-0.1, -0.05) is 43.6 Å². The predicted molar refractivity (Wildman–Crippen MR) is 127 cm³/mol. The number of amides is 2. The molecule has 1 aliphatic heterocycles. The summed E-state index contributed by atoms with van der Waals surface area (Å²) in [4.78, 5) is 26.0. The van der Waals surface area contributed by atoms with E-state index in [4.69, 9.17) is 16.3 Å². The van der Waals surface area contributed by atoms with Gasteiger partial charge < -0.3 is 20.3 Å². The smallest absolute Gasteiger partial charge is 0.276 e. The molecular formula is C24H26ClN5O3. The number of rotatable bonds is 8. The first-order valence-electron chi connectivity index (χ1n) is 10.8. The third kappa shape index (κ3) is 5.53. The van der Waals surface area contributed by atoms with E-state index in [2.05, 4.69) is 29.6 Å². The Labute approximate surface area is 197 Å². The van der Waals surface area contributed by atoms with Gasteiger partial charge in [-0.15, -0.1) is 0 Å². The van der Waals surface area contributed by atoms with Crippen LogP contribution in [-0.2, 0) is 4.79 Å². The van der Waals surface area contributed by atoms with E-state index in [1.165, 1.54) is 4.90 Å². The molecule has 0 saturated carbocycles. The van der Waals surface area contributed by atoms with Crippen LogP contribution in [0, 0.1) is 0 Å². The lowest BCUT2D eigenvalue weighted by Gasteiger charge is -2.12. The number of nitrogens with zero attached hydrogens (tertiary/aromatic N) is 3. The molecule has 2 N–H and O–H groups in total. The van der Waals surface area contributed by atoms with Crippen molar-refractivity contribution < 1.29 is 14.3 Å². The highest BCUT2D eigenvalue weighted by Gasteiger charge is 2.27. The Bertz CT molecular complexity index is 1160. The molecule has 3 aromatic rings. The molecule has 1 saturated heterocycles. The van der Waals surface area contributed by atoms with Gasteiger partial charge >= 0.3 is 0 Å². The molecule has 0 aliphatic carbocycles. The lowest BCUT2D eigenvalue weighted by atomic mass is 10.1. The molecule has 0 unspecified atom stereocenters. The van der Waals surface area contributed by atoms with Gasteiger partial charge in [0.05, 0.1) is 18.1 Å². The topological polar surface area (TPSA) is 88.5 Å². The maximum atomic E-state index is 13.0. The Morgan fingerprint density at radius 2 is 2.03 bits per heavy atom. The Balaban J connectivity index is 1.66. The van der Waals surface area contributed by atoms with Crippen LogP contribution in [0.25, 0.3) is 16.9 Å². The second kappa shape index (κ2) is 10.1. The van der Waals surface area contributed by atoms with Crippen LogP contribution in [0.3, 0.4) is 0 Å². The Hall–Kier alpha value is -3.36. The van der Waals surface area contributed by atoms with Gasteiger partial charge in [-0.05, 0) is 36.4 Å². The molecule has 172 valence electrons. The SMILES string of the molecule is CC(C)NCCOc1cccc(-c2cc(C(=O)N3CNC(=O)C3)nn2-c2cccc(Cl)c2)c1.